The topological polar surface area (TPSA) is 84.5 Å². The fourth-order valence-electron chi connectivity index (χ4n) is 3.63. The molecule has 6 nitrogen and oxygen atoms in total. The highest BCUT2D eigenvalue weighted by Crippen LogP contribution is 2.36. The lowest BCUT2D eigenvalue weighted by Crippen LogP contribution is -2.23. The molecule has 148 valence electrons. The highest BCUT2D eigenvalue weighted by molar-refractivity contribution is 7.99. The van der Waals surface area contributed by atoms with E-state index in [1.54, 1.807) is 41.7 Å². The van der Waals surface area contributed by atoms with Gasteiger partial charge in [-0.05, 0) is 67.3 Å². The van der Waals surface area contributed by atoms with Crippen LogP contribution in [0.25, 0.3) is 15.9 Å². The number of para-hydroxylation sites is 1. The summed E-state index contributed by atoms with van der Waals surface area (Å²) in [6, 6.07) is 11.3. The minimum Gasteiger partial charge on any atom is -0.268 e. The summed E-state index contributed by atoms with van der Waals surface area (Å²) in [7, 11) is 0. The summed E-state index contributed by atoms with van der Waals surface area (Å²) in [5, 5.41) is 18.1. The summed E-state index contributed by atoms with van der Waals surface area (Å²) >= 11 is 2.66. The molecule has 3 heterocycles. The number of aryl methyl sites for hydroxylation is 2. The van der Waals surface area contributed by atoms with E-state index in [9.17, 15) is 9.18 Å². The van der Waals surface area contributed by atoms with Crippen molar-refractivity contribution < 1.29 is 4.39 Å². The number of nitriles is 1. The summed E-state index contributed by atoms with van der Waals surface area (Å²) < 4.78 is 16.0. The Hall–Kier alpha value is -3.09. The quantitative estimate of drug-likeness (QED) is 0.447. The third kappa shape index (κ3) is 3.18. The zero-order chi connectivity index (χ0) is 20.7. The van der Waals surface area contributed by atoms with Gasteiger partial charge >= 0.3 is 0 Å². The Morgan fingerprint density at radius 3 is 2.73 bits per heavy atom. The minimum absolute atomic E-state index is 0.150. The Labute approximate surface area is 179 Å². The molecule has 9 heteroatoms. The molecular formula is C21H14FN5OS2. The molecule has 0 bridgehead atoms. The van der Waals surface area contributed by atoms with Gasteiger partial charge < -0.3 is 0 Å². The predicted molar refractivity (Wildman–Crippen MR) is 113 cm³/mol. The van der Waals surface area contributed by atoms with Crippen molar-refractivity contribution in [3.05, 3.63) is 68.7 Å². The van der Waals surface area contributed by atoms with Crippen molar-refractivity contribution in [1.82, 2.24) is 19.7 Å². The first kappa shape index (κ1) is 18.9. The smallest absolute Gasteiger partial charge is 0.267 e. The highest BCUT2D eigenvalue weighted by Gasteiger charge is 2.24. The van der Waals surface area contributed by atoms with Crippen LogP contribution in [0.4, 0.5) is 4.39 Å². The third-order valence-corrected chi connectivity index (χ3v) is 7.07. The van der Waals surface area contributed by atoms with Crippen LogP contribution in [0.5, 0.6) is 0 Å². The van der Waals surface area contributed by atoms with Crippen LogP contribution in [-0.2, 0) is 12.8 Å². The van der Waals surface area contributed by atoms with Crippen LogP contribution in [0.1, 0.15) is 29.0 Å². The van der Waals surface area contributed by atoms with Crippen molar-refractivity contribution in [3.8, 4) is 11.8 Å². The van der Waals surface area contributed by atoms with Crippen LogP contribution < -0.4 is 5.56 Å². The van der Waals surface area contributed by atoms with Gasteiger partial charge in [-0.25, -0.2) is 9.37 Å². The number of aromatic nitrogens is 4. The lowest BCUT2D eigenvalue weighted by atomic mass is 9.97. The zero-order valence-electron chi connectivity index (χ0n) is 15.6. The average Bonchev–Trinajstić information content (AvgIpc) is 3.14. The van der Waals surface area contributed by atoms with E-state index < -0.39 is 5.82 Å². The highest BCUT2D eigenvalue weighted by atomic mass is 32.2. The van der Waals surface area contributed by atoms with E-state index in [1.165, 1.54) is 15.5 Å². The van der Waals surface area contributed by atoms with Gasteiger partial charge in [0.15, 0.2) is 10.9 Å². The fourth-order valence-corrected chi connectivity index (χ4v) is 5.75. The van der Waals surface area contributed by atoms with Gasteiger partial charge in [-0.1, -0.05) is 12.1 Å². The molecule has 0 atom stereocenters. The van der Waals surface area contributed by atoms with Crippen molar-refractivity contribution in [3.63, 3.8) is 0 Å². The van der Waals surface area contributed by atoms with Crippen molar-refractivity contribution in [2.75, 3.05) is 0 Å². The van der Waals surface area contributed by atoms with Crippen molar-refractivity contribution >= 4 is 33.3 Å². The molecule has 1 aromatic carbocycles. The van der Waals surface area contributed by atoms with E-state index in [4.69, 9.17) is 10.2 Å². The number of rotatable bonds is 3. The lowest BCUT2D eigenvalue weighted by molar-refractivity contribution is 0.608. The van der Waals surface area contributed by atoms with E-state index >= 15 is 0 Å². The number of hydrogen-bond acceptors (Lipinski definition) is 7. The molecule has 0 saturated heterocycles. The van der Waals surface area contributed by atoms with Crippen LogP contribution >= 0.6 is 23.1 Å². The molecule has 0 saturated carbocycles. The normalized spacial score (nSPS) is 13.2. The predicted octanol–water partition coefficient (Wildman–Crippen LogP) is 4.28. The third-order valence-electron chi connectivity index (χ3n) is 5.00. The van der Waals surface area contributed by atoms with Gasteiger partial charge in [0.25, 0.3) is 5.56 Å². The monoisotopic (exact) mass is 435 g/mol. The molecule has 1 aliphatic rings. The number of fused-ring (bicyclic) bond motifs is 3. The van der Waals surface area contributed by atoms with Crippen molar-refractivity contribution in [2.45, 2.75) is 35.9 Å². The molecule has 3 aromatic heterocycles. The Morgan fingerprint density at radius 2 is 1.97 bits per heavy atom. The van der Waals surface area contributed by atoms with Crippen LogP contribution in [0, 0.1) is 17.1 Å². The van der Waals surface area contributed by atoms with Crippen LogP contribution in [0.3, 0.4) is 0 Å². The molecule has 0 fully saturated rings. The molecule has 5 rings (SSSR count). The van der Waals surface area contributed by atoms with E-state index in [0.717, 1.165) is 43.0 Å². The fraction of sp³-hybridized carbons (Fsp3) is 0.190. The molecule has 0 spiro atoms. The van der Waals surface area contributed by atoms with Gasteiger partial charge in [-0.15, -0.1) is 21.5 Å². The molecule has 30 heavy (non-hydrogen) atoms. The Morgan fingerprint density at radius 1 is 1.13 bits per heavy atom. The molecule has 0 N–H and O–H groups in total. The van der Waals surface area contributed by atoms with Crippen molar-refractivity contribution in [1.29, 1.82) is 5.26 Å². The first-order chi connectivity index (χ1) is 14.7. The minimum atomic E-state index is -0.502. The second kappa shape index (κ2) is 7.63. The maximum Gasteiger partial charge on any atom is 0.267 e. The first-order valence-corrected chi connectivity index (χ1v) is 11.0. The number of halogens is 1. The van der Waals surface area contributed by atoms with E-state index in [-0.39, 0.29) is 16.9 Å². The largest absolute Gasteiger partial charge is 0.268 e. The summed E-state index contributed by atoms with van der Waals surface area (Å²) in [6.07, 6.45) is 3.93. The summed E-state index contributed by atoms with van der Waals surface area (Å²) in [5.41, 5.74) is 1.13. The van der Waals surface area contributed by atoms with E-state index in [2.05, 4.69) is 10.2 Å². The SMILES string of the molecule is N#Cc1ccc(Sc2nc3sc4c(c3c(=O)n2-c2ccccc2F)CCCC4)nn1. The van der Waals surface area contributed by atoms with Gasteiger partial charge in [-0.2, -0.15) is 5.26 Å². The zero-order valence-corrected chi connectivity index (χ0v) is 17.3. The molecular weight excluding hydrogens is 421 g/mol. The van der Waals surface area contributed by atoms with E-state index in [0.29, 0.717) is 20.4 Å². The summed E-state index contributed by atoms with van der Waals surface area (Å²) in [5.74, 6) is -0.502. The Balaban J connectivity index is 1.75. The molecule has 0 aliphatic heterocycles. The number of thiophene rings is 1. The van der Waals surface area contributed by atoms with Crippen LogP contribution in [0.2, 0.25) is 0 Å². The van der Waals surface area contributed by atoms with Gasteiger partial charge in [0.1, 0.15) is 21.7 Å². The molecule has 4 aromatic rings. The van der Waals surface area contributed by atoms with Gasteiger partial charge in [0.05, 0.1) is 11.1 Å². The number of benzene rings is 1. The van der Waals surface area contributed by atoms with E-state index in [1.807, 2.05) is 6.07 Å². The van der Waals surface area contributed by atoms with Gasteiger partial charge in [-0.3, -0.25) is 9.36 Å². The van der Waals surface area contributed by atoms with Crippen molar-refractivity contribution in [2.24, 2.45) is 0 Å². The standard InChI is InChI=1S/C21H14FN5OS2/c22-14-6-2-3-7-15(14)27-20(28)18-13-5-1-4-8-16(13)29-19(18)24-21(27)30-17-10-9-12(11-23)25-26-17/h2-3,6-7,9-10H,1,4-5,8H2. The Bertz CT molecular complexity index is 1370. The molecule has 0 radical (unpaired) electrons. The summed E-state index contributed by atoms with van der Waals surface area (Å²) in [4.78, 5) is 20.2. The summed E-state index contributed by atoms with van der Waals surface area (Å²) in [6.45, 7) is 0. The maximum absolute atomic E-state index is 14.7. The first-order valence-electron chi connectivity index (χ1n) is 9.39. The maximum atomic E-state index is 14.7. The van der Waals surface area contributed by atoms with Crippen LogP contribution in [-0.4, -0.2) is 19.7 Å². The number of nitrogens with zero attached hydrogens (tertiary/aromatic N) is 5. The molecule has 1 aliphatic carbocycles. The Kier molecular flexibility index (Phi) is 4.81. The number of hydrogen-bond donors (Lipinski definition) is 0. The average molecular weight is 436 g/mol. The second-order valence-corrected chi connectivity index (χ2v) is 8.92. The van der Waals surface area contributed by atoms with Gasteiger partial charge in [0, 0.05) is 4.88 Å². The van der Waals surface area contributed by atoms with Crippen LogP contribution in [0.15, 0.2) is 51.4 Å². The lowest BCUT2D eigenvalue weighted by Gasteiger charge is -2.13. The second-order valence-electron chi connectivity index (χ2n) is 6.85. The molecule has 0 amide bonds. The molecule has 0 unspecified atom stereocenters. The van der Waals surface area contributed by atoms with Gasteiger partial charge in [0.2, 0.25) is 0 Å².